The second kappa shape index (κ2) is 7.96. The lowest BCUT2D eigenvalue weighted by Crippen LogP contribution is -2.38. The maximum Gasteiger partial charge on any atom is 0.244 e. The third kappa shape index (κ3) is 3.56. The summed E-state index contributed by atoms with van der Waals surface area (Å²) >= 11 is 1.58. The van der Waals surface area contributed by atoms with Crippen LogP contribution in [0.15, 0.2) is 18.2 Å². The molecule has 2 aromatic rings. The third-order valence-corrected chi connectivity index (χ3v) is 7.26. The van der Waals surface area contributed by atoms with E-state index in [4.69, 9.17) is 4.74 Å². The van der Waals surface area contributed by atoms with Gasteiger partial charge in [-0.2, -0.15) is 0 Å². The Kier molecular flexibility index (Phi) is 5.16. The first-order valence-corrected chi connectivity index (χ1v) is 11.3. The second-order valence-electron chi connectivity index (χ2n) is 8.09. The van der Waals surface area contributed by atoms with Gasteiger partial charge < -0.3 is 15.0 Å². The molecule has 158 valence electrons. The van der Waals surface area contributed by atoms with Gasteiger partial charge in [0.15, 0.2) is 5.13 Å². The Morgan fingerprint density at radius 2 is 1.83 bits per heavy atom. The fourth-order valence-corrected chi connectivity index (χ4v) is 5.67. The second-order valence-corrected chi connectivity index (χ2v) is 9.10. The van der Waals surface area contributed by atoms with Crippen molar-refractivity contribution in [1.29, 1.82) is 0 Å². The van der Waals surface area contributed by atoms with Gasteiger partial charge in [-0.25, -0.2) is 4.98 Å². The highest BCUT2D eigenvalue weighted by atomic mass is 32.1. The van der Waals surface area contributed by atoms with Gasteiger partial charge in [-0.3, -0.25) is 19.3 Å². The average molecular weight is 429 g/mol. The van der Waals surface area contributed by atoms with Crippen molar-refractivity contribution in [2.24, 2.45) is 11.8 Å². The van der Waals surface area contributed by atoms with Crippen LogP contribution >= 0.6 is 11.3 Å². The van der Waals surface area contributed by atoms with Crippen LogP contribution in [0.3, 0.4) is 0 Å². The molecule has 0 radical (unpaired) electrons. The van der Waals surface area contributed by atoms with Gasteiger partial charge in [0.1, 0.15) is 6.54 Å². The smallest absolute Gasteiger partial charge is 0.244 e. The number of imide groups is 1. The number of anilines is 2. The molecule has 1 N–H and O–H groups in total. The van der Waals surface area contributed by atoms with Gasteiger partial charge in [0.05, 0.1) is 35.3 Å². The van der Waals surface area contributed by atoms with Crippen molar-refractivity contribution in [2.75, 3.05) is 43.1 Å². The number of benzene rings is 1. The van der Waals surface area contributed by atoms with E-state index in [2.05, 4.69) is 15.2 Å². The monoisotopic (exact) mass is 428 g/mol. The number of nitrogens with one attached hydrogen (secondary N) is 1. The van der Waals surface area contributed by atoms with E-state index < -0.39 is 0 Å². The van der Waals surface area contributed by atoms with Crippen molar-refractivity contribution in [3.63, 3.8) is 0 Å². The zero-order valence-electron chi connectivity index (χ0n) is 16.6. The van der Waals surface area contributed by atoms with Crippen LogP contribution in [0.2, 0.25) is 0 Å². The fraction of sp³-hybridized carbons (Fsp3) is 0.524. The number of carbonyl (C=O) groups excluding carboxylic acids is 3. The molecule has 3 heterocycles. The SMILES string of the molecule is O=C(CN1C(=O)C2CCCCC2C1=O)Nc1ccc2nc(N3CCOCC3)sc2c1. The molecular formula is C21H24N4O4S. The van der Waals surface area contributed by atoms with Crippen molar-refractivity contribution in [3.8, 4) is 0 Å². The molecule has 2 atom stereocenters. The van der Waals surface area contributed by atoms with Crippen molar-refractivity contribution in [2.45, 2.75) is 25.7 Å². The summed E-state index contributed by atoms with van der Waals surface area (Å²) in [5, 5.41) is 3.78. The lowest BCUT2D eigenvalue weighted by Gasteiger charge is -2.25. The van der Waals surface area contributed by atoms with Crippen molar-refractivity contribution >= 4 is 50.1 Å². The minimum absolute atomic E-state index is 0.187. The maximum atomic E-state index is 12.6. The minimum atomic E-state index is -0.354. The Hall–Kier alpha value is -2.52. The highest BCUT2D eigenvalue weighted by Crippen LogP contribution is 2.38. The van der Waals surface area contributed by atoms with Gasteiger partial charge in [0.25, 0.3) is 0 Å². The topological polar surface area (TPSA) is 91.8 Å². The zero-order valence-corrected chi connectivity index (χ0v) is 17.5. The highest BCUT2D eigenvalue weighted by Gasteiger charge is 2.48. The molecule has 2 saturated heterocycles. The lowest BCUT2D eigenvalue weighted by molar-refractivity contribution is -0.142. The van der Waals surface area contributed by atoms with E-state index in [-0.39, 0.29) is 36.1 Å². The van der Waals surface area contributed by atoms with E-state index in [1.165, 1.54) is 0 Å². The van der Waals surface area contributed by atoms with Crippen LogP contribution in [-0.2, 0) is 19.1 Å². The Morgan fingerprint density at radius 3 is 2.53 bits per heavy atom. The molecule has 1 aromatic heterocycles. The van der Waals surface area contributed by atoms with Gasteiger partial charge in [0.2, 0.25) is 17.7 Å². The van der Waals surface area contributed by atoms with Crippen LogP contribution < -0.4 is 10.2 Å². The molecule has 1 saturated carbocycles. The van der Waals surface area contributed by atoms with E-state index in [9.17, 15) is 14.4 Å². The number of amides is 3. The molecule has 30 heavy (non-hydrogen) atoms. The van der Waals surface area contributed by atoms with Gasteiger partial charge >= 0.3 is 0 Å². The standard InChI is InChI=1S/C21H24N4O4S/c26-18(12-25-19(27)14-3-1-2-4-15(14)20(25)28)22-13-5-6-16-17(11-13)30-21(23-16)24-7-9-29-10-8-24/h5-6,11,14-15H,1-4,7-10,12H2,(H,22,26). The Balaban J connectivity index is 1.26. The Morgan fingerprint density at radius 1 is 1.13 bits per heavy atom. The zero-order chi connectivity index (χ0) is 20.7. The summed E-state index contributed by atoms with van der Waals surface area (Å²) in [7, 11) is 0. The molecule has 3 aliphatic rings. The van der Waals surface area contributed by atoms with Crippen molar-refractivity contribution < 1.29 is 19.1 Å². The number of hydrogen-bond donors (Lipinski definition) is 1. The first-order valence-electron chi connectivity index (χ1n) is 10.5. The van der Waals surface area contributed by atoms with E-state index in [0.29, 0.717) is 18.9 Å². The summed E-state index contributed by atoms with van der Waals surface area (Å²) in [6.45, 7) is 2.83. The molecule has 0 bridgehead atoms. The van der Waals surface area contributed by atoms with Crippen LogP contribution in [0.4, 0.5) is 10.8 Å². The number of thiazole rings is 1. The predicted octanol–water partition coefficient (Wildman–Crippen LogP) is 2.25. The number of nitrogens with zero attached hydrogens (tertiary/aromatic N) is 3. The molecule has 3 amide bonds. The van der Waals surface area contributed by atoms with E-state index in [1.54, 1.807) is 17.4 Å². The summed E-state index contributed by atoms with van der Waals surface area (Å²) in [5.74, 6) is -1.19. The first kappa shape index (κ1) is 19.4. The maximum absolute atomic E-state index is 12.6. The van der Waals surface area contributed by atoms with E-state index in [0.717, 1.165) is 59.0 Å². The number of rotatable bonds is 4. The summed E-state index contributed by atoms with van der Waals surface area (Å²) in [5.41, 5.74) is 1.52. The summed E-state index contributed by atoms with van der Waals surface area (Å²) in [6, 6.07) is 5.57. The summed E-state index contributed by atoms with van der Waals surface area (Å²) < 4.78 is 6.37. The number of carbonyl (C=O) groups is 3. The van der Waals surface area contributed by atoms with Gasteiger partial charge in [-0.1, -0.05) is 24.2 Å². The number of aromatic nitrogens is 1. The van der Waals surface area contributed by atoms with Crippen molar-refractivity contribution in [1.82, 2.24) is 9.88 Å². The number of likely N-dealkylation sites (tertiary alicyclic amines) is 1. The molecule has 3 fully saturated rings. The molecule has 9 heteroatoms. The van der Waals surface area contributed by atoms with Gasteiger partial charge in [-0.15, -0.1) is 0 Å². The highest BCUT2D eigenvalue weighted by molar-refractivity contribution is 7.22. The van der Waals surface area contributed by atoms with Crippen LogP contribution in [0.25, 0.3) is 10.2 Å². The Bertz CT molecular complexity index is 976. The van der Waals surface area contributed by atoms with Crippen LogP contribution in [-0.4, -0.2) is 60.5 Å². The summed E-state index contributed by atoms with van der Waals surface area (Å²) in [4.78, 5) is 45.7. The normalized spacial score (nSPS) is 24.4. The molecule has 8 nitrogen and oxygen atoms in total. The summed E-state index contributed by atoms with van der Waals surface area (Å²) in [6.07, 6.45) is 3.45. The molecule has 2 aliphatic heterocycles. The molecule has 1 aliphatic carbocycles. The van der Waals surface area contributed by atoms with Crippen molar-refractivity contribution in [3.05, 3.63) is 18.2 Å². The Labute approximate surface area is 178 Å². The molecule has 1 aromatic carbocycles. The van der Waals surface area contributed by atoms with Crippen LogP contribution in [0.1, 0.15) is 25.7 Å². The molecular weight excluding hydrogens is 404 g/mol. The van der Waals surface area contributed by atoms with Gasteiger partial charge in [0, 0.05) is 18.8 Å². The van der Waals surface area contributed by atoms with Crippen LogP contribution in [0.5, 0.6) is 0 Å². The quantitative estimate of drug-likeness (QED) is 0.751. The number of fused-ring (bicyclic) bond motifs is 2. The van der Waals surface area contributed by atoms with E-state index >= 15 is 0 Å². The molecule has 2 unspecified atom stereocenters. The third-order valence-electron chi connectivity index (χ3n) is 6.18. The average Bonchev–Trinajstić information content (AvgIpc) is 3.29. The van der Waals surface area contributed by atoms with E-state index in [1.807, 2.05) is 12.1 Å². The predicted molar refractivity (Wildman–Crippen MR) is 113 cm³/mol. The molecule has 0 spiro atoms. The fourth-order valence-electron chi connectivity index (χ4n) is 4.61. The molecule has 5 rings (SSSR count). The lowest BCUT2D eigenvalue weighted by atomic mass is 9.81. The number of hydrogen-bond acceptors (Lipinski definition) is 7. The number of morpholine rings is 1. The van der Waals surface area contributed by atoms with Gasteiger partial charge in [-0.05, 0) is 31.0 Å². The van der Waals surface area contributed by atoms with Crippen LogP contribution in [0, 0.1) is 11.8 Å². The number of ether oxygens (including phenoxy) is 1. The minimum Gasteiger partial charge on any atom is -0.378 e. The largest absolute Gasteiger partial charge is 0.378 e. The first-order chi connectivity index (χ1) is 14.6.